The second-order valence-corrected chi connectivity index (χ2v) is 23.0. The minimum absolute atomic E-state index is 0.376. The first-order valence-corrected chi connectivity index (χ1v) is 33.6. The van der Waals surface area contributed by atoms with Crippen molar-refractivity contribution in [3.8, 4) is 91.5 Å². The van der Waals surface area contributed by atoms with E-state index in [9.17, 15) is 0 Å². The van der Waals surface area contributed by atoms with Gasteiger partial charge in [-0.3, -0.25) is 0 Å². The molecule has 4 aromatic carbocycles. The molecular weight excluding hydrogens is 1150 g/mol. The molecule has 16 nitrogen and oxygen atoms in total. The van der Waals surface area contributed by atoms with Crippen LogP contribution in [0.2, 0.25) is 0 Å². The molecule has 0 atom stereocenters. The van der Waals surface area contributed by atoms with Crippen molar-refractivity contribution in [3.63, 3.8) is 0 Å². The van der Waals surface area contributed by atoms with E-state index in [1.54, 1.807) is 0 Å². The molecule has 2 aliphatic heterocycles. The number of alkyl halides is 1. The van der Waals surface area contributed by atoms with Crippen molar-refractivity contribution in [2.45, 2.75) is 158 Å². The second kappa shape index (κ2) is 29.6. The Balaban J connectivity index is 1.53. The normalized spacial score (nSPS) is 11.8. The quantitative estimate of drug-likeness (QED) is 0.0225. The number of fused-ring (bicyclic) bond motifs is 20. The molecule has 0 fully saturated rings. The van der Waals surface area contributed by atoms with E-state index >= 15 is 0 Å². The number of aromatic nitrogens is 8. The zero-order valence-corrected chi connectivity index (χ0v) is 52.0. The van der Waals surface area contributed by atoms with Crippen LogP contribution in [0.1, 0.15) is 158 Å². The molecule has 2 N–H and O–H groups in total. The molecule has 0 aliphatic carbocycles. The van der Waals surface area contributed by atoms with Gasteiger partial charge in [-0.1, -0.05) is 73.6 Å². The van der Waals surface area contributed by atoms with Crippen LogP contribution in [-0.4, -0.2) is 97.7 Å². The number of aromatic amines is 2. The molecule has 3 aromatic heterocycles. The summed E-state index contributed by atoms with van der Waals surface area (Å²) in [7, 11) is 0. The Morgan fingerprint density at radius 3 is 0.878 bits per heavy atom. The van der Waals surface area contributed by atoms with Gasteiger partial charge in [0.1, 0.15) is 5.75 Å². The number of hydrogen-bond acceptors (Lipinski definition) is 14. The summed E-state index contributed by atoms with van der Waals surface area (Å²) in [5.74, 6) is 6.69. The first-order valence-electron chi connectivity index (χ1n) is 30.4. The molecule has 0 saturated heterocycles. The summed E-state index contributed by atoms with van der Waals surface area (Å²) in [5, 5.41) is 2.85. The number of halogens is 1. The van der Waals surface area contributed by atoms with Gasteiger partial charge in [0, 0.05) is 0 Å². The number of ether oxygens (including phenoxy) is 8. The van der Waals surface area contributed by atoms with E-state index in [0.717, 1.165) is 123 Å². The summed E-state index contributed by atoms with van der Waals surface area (Å²) >= 11 is -0.540. The second-order valence-electron chi connectivity index (χ2n) is 20.8. The fourth-order valence-electron chi connectivity index (χ4n) is 9.82. The van der Waals surface area contributed by atoms with E-state index in [1.807, 2.05) is 36.4 Å². The van der Waals surface area contributed by atoms with Crippen molar-refractivity contribution >= 4 is 44.1 Å². The molecular formula is C65H84IN8O8-. The molecule has 82 heavy (non-hydrogen) atoms. The van der Waals surface area contributed by atoms with Crippen molar-refractivity contribution in [2.24, 2.45) is 0 Å². The Hall–Kier alpha value is -6.63. The van der Waals surface area contributed by atoms with E-state index in [0.29, 0.717) is 172 Å². The summed E-state index contributed by atoms with van der Waals surface area (Å²) in [5.41, 5.74) is 4.56. The number of nitrogens with one attached hydrogen (secondary N) is 2. The predicted molar refractivity (Wildman–Crippen MR) is 324 cm³/mol. The molecule has 0 amide bonds. The van der Waals surface area contributed by atoms with Crippen LogP contribution < -0.4 is 59.1 Å². The van der Waals surface area contributed by atoms with Crippen LogP contribution in [0, 0.1) is 3.57 Å². The number of nitrogens with zero attached hydrogens (tertiary/aromatic N) is 6. The number of unbranched alkanes of at least 4 members (excludes halogenated alkanes) is 8. The molecule has 5 heterocycles. The molecule has 0 unspecified atom stereocenters. The fraction of sp³-hybridized carbons (Fsp3) is 0.508. The molecule has 17 heteroatoms. The van der Waals surface area contributed by atoms with Crippen molar-refractivity contribution in [1.29, 1.82) is 0 Å². The van der Waals surface area contributed by atoms with Gasteiger partial charge in [0.25, 0.3) is 0 Å². The molecule has 0 spiro atoms. The van der Waals surface area contributed by atoms with E-state index in [-0.39, 0.29) is 0 Å². The zero-order valence-electron chi connectivity index (χ0n) is 49.8. The number of benzene rings is 4. The van der Waals surface area contributed by atoms with Crippen LogP contribution >= 0.6 is 0 Å². The van der Waals surface area contributed by atoms with Gasteiger partial charge < -0.3 is 9.47 Å². The zero-order chi connectivity index (χ0) is 57.4. The molecule has 8 bridgehead atoms. The summed E-state index contributed by atoms with van der Waals surface area (Å²) in [6, 6.07) is 14.0. The summed E-state index contributed by atoms with van der Waals surface area (Å²) < 4.78 is 55.3. The minimum atomic E-state index is -0.540. The molecule has 7 aromatic rings. The Bertz CT molecular complexity index is 3450. The van der Waals surface area contributed by atoms with Crippen molar-refractivity contribution in [2.75, 3.05) is 57.8 Å². The molecule has 0 saturated carbocycles. The Kier molecular flexibility index (Phi) is 21.6. The Morgan fingerprint density at radius 1 is 0.317 bits per heavy atom. The van der Waals surface area contributed by atoms with E-state index < -0.39 is 21.2 Å². The van der Waals surface area contributed by atoms with E-state index in [1.165, 1.54) is 0 Å². The van der Waals surface area contributed by atoms with Crippen molar-refractivity contribution < 1.29 is 59.1 Å². The Morgan fingerprint density at radius 2 is 0.573 bits per heavy atom. The molecule has 2 aliphatic rings. The van der Waals surface area contributed by atoms with Crippen molar-refractivity contribution in [3.05, 3.63) is 46.0 Å². The summed E-state index contributed by atoms with van der Waals surface area (Å²) in [6.45, 7) is 21.3. The van der Waals surface area contributed by atoms with Gasteiger partial charge in [0.05, 0.1) is 13.2 Å². The fourth-order valence-corrected chi connectivity index (χ4v) is 11.3. The van der Waals surface area contributed by atoms with Gasteiger partial charge in [0.15, 0.2) is 0 Å². The number of hydrogen-bond donors (Lipinski definition) is 2. The SMILES string of the molecule is CCCCOc1ccc(OCCCC)c2c1-c1nc-2nc2[nH]c(nc3nc(nc4[nH]c(n1)c1c(OCCCC)ccc(OCCCC)c41)-c1c(OCCCC)ccc(OCCCC)c1-3)c1c(OCCCC)c([I-]C)cc(OCCCC)c21. The maximum absolute atomic E-state index is 6.95. The van der Waals surface area contributed by atoms with Gasteiger partial charge in [-0.2, -0.15) is 0 Å². The topological polar surface area (TPSA) is 183 Å². The van der Waals surface area contributed by atoms with Gasteiger partial charge >= 0.3 is 363 Å². The summed E-state index contributed by atoms with van der Waals surface area (Å²) in [4.78, 5) is 43.1. The van der Waals surface area contributed by atoms with E-state index in [4.69, 9.17) is 67.8 Å². The first kappa shape index (κ1) is 60.0. The van der Waals surface area contributed by atoms with Gasteiger partial charge in [0.2, 0.25) is 0 Å². The average Bonchev–Trinajstić information content (AvgIpc) is 4.28. The molecule has 9 rings (SSSR count). The van der Waals surface area contributed by atoms with Crippen LogP contribution in [-0.2, 0) is 0 Å². The predicted octanol–water partition coefficient (Wildman–Crippen LogP) is 13.2. The molecule has 0 radical (unpaired) electrons. The standard InChI is InChI=1S/C65H84IN8O8/c1-10-18-32-75-42-26-27-43(76-33-19-11-2)50-49(42)58-67-59(50)69-61-53-46(79-36-22-14-5)30-31-47(80-37-23-15-6)54(53)63(71-61)73-65-56-55(48(81-38-24-16-7)40-41(66-9)57(56)82-39-25-17-8)64(74-65)72-62-52-45(78-35-21-13-4)29-28-44(77-34-20-12-3)51(52)60(68-58)70-62/h26-31,40H,10-25,32-39H2,1-9H3,(H2,67,68,69,70,71,72,73,74)/q-1. The molecule has 440 valence electrons. The Labute approximate surface area is 493 Å². The van der Waals surface area contributed by atoms with Crippen LogP contribution in [0.15, 0.2) is 42.5 Å². The van der Waals surface area contributed by atoms with E-state index in [2.05, 4.69) is 76.4 Å². The third kappa shape index (κ3) is 13.2. The maximum atomic E-state index is 6.95. The number of rotatable bonds is 33. The number of H-pyrrole nitrogens is 2. The van der Waals surface area contributed by atoms with Gasteiger partial charge in [-0.05, 0) is 31.4 Å². The summed E-state index contributed by atoms with van der Waals surface area (Å²) in [6.07, 6.45) is 14.6. The van der Waals surface area contributed by atoms with Crippen LogP contribution in [0.5, 0.6) is 46.0 Å². The van der Waals surface area contributed by atoms with Gasteiger partial charge in [-0.25, -0.2) is 0 Å². The monoisotopic (exact) mass is 1230 g/mol. The average molecular weight is 1230 g/mol. The van der Waals surface area contributed by atoms with Crippen LogP contribution in [0.4, 0.5) is 0 Å². The third-order valence-electron chi connectivity index (χ3n) is 14.4. The van der Waals surface area contributed by atoms with Gasteiger partial charge in [-0.15, -0.1) is 0 Å². The van der Waals surface area contributed by atoms with Crippen LogP contribution in [0.25, 0.3) is 89.7 Å². The van der Waals surface area contributed by atoms with Crippen LogP contribution in [0.3, 0.4) is 0 Å². The first-order chi connectivity index (χ1) is 40.3. The third-order valence-corrected chi connectivity index (χ3v) is 16.4. The van der Waals surface area contributed by atoms with Crippen molar-refractivity contribution in [1.82, 2.24) is 39.9 Å².